The summed E-state index contributed by atoms with van der Waals surface area (Å²) in [6, 6.07) is 9.25. The van der Waals surface area contributed by atoms with Crippen LogP contribution in [0.15, 0.2) is 35.1 Å². The molecule has 2 aromatic rings. The Kier molecular flexibility index (Phi) is 2.87. The van der Waals surface area contributed by atoms with Crippen molar-refractivity contribution >= 4 is 23.7 Å². The number of para-hydroxylation sites is 1. The fourth-order valence-corrected chi connectivity index (χ4v) is 1.60. The summed E-state index contributed by atoms with van der Waals surface area (Å²) in [5.41, 5.74) is 1.82. The van der Waals surface area contributed by atoms with Gasteiger partial charge in [-0.2, -0.15) is 0 Å². The van der Waals surface area contributed by atoms with Crippen molar-refractivity contribution < 1.29 is 0 Å². The minimum atomic E-state index is -0.222. The van der Waals surface area contributed by atoms with Crippen LogP contribution in [0.3, 0.4) is 0 Å². The molecule has 0 aliphatic carbocycles. The number of anilines is 2. The fraction of sp³-hybridized carbons (Fsp3) is 0.0909. The van der Waals surface area contributed by atoms with E-state index in [-0.39, 0.29) is 5.56 Å². The van der Waals surface area contributed by atoms with E-state index in [0.717, 1.165) is 11.3 Å². The second-order valence-electron chi connectivity index (χ2n) is 3.44. The molecule has 82 valence electrons. The summed E-state index contributed by atoms with van der Waals surface area (Å²) >= 11 is 4.89. The molecule has 5 heteroatoms. The number of aromatic amines is 2. The van der Waals surface area contributed by atoms with Gasteiger partial charge >= 0.3 is 0 Å². The number of aryl methyl sites for hydroxylation is 1. The zero-order valence-corrected chi connectivity index (χ0v) is 9.52. The highest BCUT2D eigenvalue weighted by Crippen LogP contribution is 2.16. The summed E-state index contributed by atoms with van der Waals surface area (Å²) in [5, 5.41) is 3.11. The highest BCUT2D eigenvalue weighted by molar-refractivity contribution is 7.71. The van der Waals surface area contributed by atoms with Crippen LogP contribution >= 0.6 is 12.2 Å². The van der Waals surface area contributed by atoms with Crippen molar-refractivity contribution in [1.82, 2.24) is 9.97 Å². The molecule has 0 fully saturated rings. The van der Waals surface area contributed by atoms with Gasteiger partial charge in [-0.15, -0.1) is 0 Å². The van der Waals surface area contributed by atoms with Crippen LogP contribution in [0.25, 0.3) is 0 Å². The molecule has 16 heavy (non-hydrogen) atoms. The van der Waals surface area contributed by atoms with Gasteiger partial charge in [-0.1, -0.05) is 18.2 Å². The Morgan fingerprint density at radius 2 is 2.00 bits per heavy atom. The number of rotatable bonds is 2. The van der Waals surface area contributed by atoms with Crippen molar-refractivity contribution in [1.29, 1.82) is 0 Å². The van der Waals surface area contributed by atoms with Crippen molar-refractivity contribution in [2.45, 2.75) is 6.92 Å². The van der Waals surface area contributed by atoms with E-state index in [1.807, 2.05) is 31.2 Å². The Bertz CT molecular complexity index is 587. The van der Waals surface area contributed by atoms with Gasteiger partial charge in [-0.3, -0.25) is 9.78 Å². The molecule has 0 saturated heterocycles. The van der Waals surface area contributed by atoms with E-state index in [1.54, 1.807) is 0 Å². The van der Waals surface area contributed by atoms with Gasteiger partial charge < -0.3 is 10.3 Å². The van der Waals surface area contributed by atoms with Gasteiger partial charge in [-0.05, 0) is 30.8 Å². The van der Waals surface area contributed by atoms with Crippen LogP contribution in [0.5, 0.6) is 0 Å². The van der Waals surface area contributed by atoms with Gasteiger partial charge in [0, 0.05) is 11.8 Å². The topological polar surface area (TPSA) is 60.7 Å². The van der Waals surface area contributed by atoms with E-state index in [0.29, 0.717) is 10.6 Å². The summed E-state index contributed by atoms with van der Waals surface area (Å²) in [7, 11) is 0. The molecule has 0 bridgehead atoms. The fourth-order valence-electron chi connectivity index (χ4n) is 1.39. The molecule has 3 N–H and O–H groups in total. The van der Waals surface area contributed by atoms with Crippen LogP contribution in [-0.4, -0.2) is 9.97 Å². The Hall–Kier alpha value is -1.88. The van der Waals surface area contributed by atoms with Crippen LogP contribution in [0.4, 0.5) is 11.5 Å². The van der Waals surface area contributed by atoms with E-state index >= 15 is 0 Å². The lowest BCUT2D eigenvalue weighted by Gasteiger charge is -2.08. The lowest BCUT2D eigenvalue weighted by molar-refractivity contribution is 1.09. The number of hydrogen-bond acceptors (Lipinski definition) is 3. The Morgan fingerprint density at radius 3 is 2.69 bits per heavy atom. The number of nitrogens with one attached hydrogen (secondary N) is 3. The quantitative estimate of drug-likeness (QED) is 0.698. The second kappa shape index (κ2) is 4.32. The average Bonchev–Trinajstić information content (AvgIpc) is 2.20. The predicted octanol–water partition coefficient (Wildman–Crippen LogP) is 2.48. The maximum absolute atomic E-state index is 11.2. The first-order valence-electron chi connectivity index (χ1n) is 4.81. The number of aromatic nitrogens is 2. The van der Waals surface area contributed by atoms with Gasteiger partial charge in [0.05, 0.1) is 0 Å². The average molecular weight is 233 g/mol. The first-order valence-corrected chi connectivity index (χ1v) is 5.22. The summed E-state index contributed by atoms with van der Waals surface area (Å²) in [6.45, 7) is 1.99. The largest absolute Gasteiger partial charge is 0.341 e. The van der Waals surface area contributed by atoms with Gasteiger partial charge in [-0.25, -0.2) is 0 Å². The Labute approximate surface area is 97.4 Å². The molecule has 1 aromatic carbocycles. The lowest BCUT2D eigenvalue weighted by Crippen LogP contribution is -2.08. The molecule has 0 aliphatic heterocycles. The number of hydrogen-bond donors (Lipinski definition) is 3. The van der Waals surface area contributed by atoms with Gasteiger partial charge in [0.1, 0.15) is 5.82 Å². The molecule has 0 aliphatic rings. The van der Waals surface area contributed by atoms with Crippen molar-refractivity contribution in [2.24, 2.45) is 0 Å². The first-order chi connectivity index (χ1) is 7.65. The van der Waals surface area contributed by atoms with Crippen molar-refractivity contribution in [3.8, 4) is 0 Å². The summed E-state index contributed by atoms with van der Waals surface area (Å²) in [6.07, 6.45) is 0. The lowest BCUT2D eigenvalue weighted by atomic mass is 10.2. The molecular formula is C11H11N3OS. The van der Waals surface area contributed by atoms with E-state index in [4.69, 9.17) is 12.2 Å². The normalized spacial score (nSPS) is 10.1. The van der Waals surface area contributed by atoms with Crippen LogP contribution in [0.1, 0.15) is 5.56 Å². The van der Waals surface area contributed by atoms with E-state index in [2.05, 4.69) is 15.3 Å². The number of H-pyrrole nitrogens is 2. The summed E-state index contributed by atoms with van der Waals surface area (Å²) in [5.74, 6) is 0.586. The molecule has 0 radical (unpaired) electrons. The van der Waals surface area contributed by atoms with Gasteiger partial charge in [0.25, 0.3) is 5.56 Å². The molecule has 1 heterocycles. The van der Waals surface area contributed by atoms with Gasteiger partial charge in [0.2, 0.25) is 0 Å². The third kappa shape index (κ3) is 2.38. The van der Waals surface area contributed by atoms with Crippen molar-refractivity contribution in [2.75, 3.05) is 5.32 Å². The number of benzene rings is 1. The Balaban J connectivity index is 2.38. The summed E-state index contributed by atoms with van der Waals surface area (Å²) in [4.78, 5) is 16.6. The zero-order chi connectivity index (χ0) is 11.5. The van der Waals surface area contributed by atoms with Crippen LogP contribution in [-0.2, 0) is 0 Å². The predicted molar refractivity (Wildman–Crippen MR) is 66.7 cm³/mol. The van der Waals surface area contributed by atoms with Crippen LogP contribution < -0.4 is 10.9 Å². The van der Waals surface area contributed by atoms with E-state index in [1.165, 1.54) is 6.07 Å². The molecule has 1 aromatic heterocycles. The minimum absolute atomic E-state index is 0.222. The van der Waals surface area contributed by atoms with E-state index < -0.39 is 0 Å². The third-order valence-corrected chi connectivity index (χ3v) is 2.38. The highest BCUT2D eigenvalue weighted by Gasteiger charge is 1.98. The monoisotopic (exact) mass is 233 g/mol. The molecule has 4 nitrogen and oxygen atoms in total. The standard InChI is InChI=1S/C11H11N3OS/c1-7-4-2-3-5-8(7)12-9-6-10(15)14-11(16)13-9/h2-6H,1H3,(H3,12,13,14,15,16). The maximum atomic E-state index is 11.2. The molecule has 0 spiro atoms. The van der Waals surface area contributed by atoms with Crippen LogP contribution in [0.2, 0.25) is 0 Å². The third-order valence-electron chi connectivity index (χ3n) is 2.17. The molecular weight excluding hydrogens is 222 g/mol. The molecule has 2 rings (SSSR count). The Morgan fingerprint density at radius 1 is 1.25 bits per heavy atom. The SMILES string of the molecule is Cc1ccccc1Nc1cc(=O)[nH]c(=S)[nH]1. The molecule has 0 unspecified atom stereocenters. The van der Waals surface area contributed by atoms with Crippen molar-refractivity contribution in [3.05, 3.63) is 51.0 Å². The zero-order valence-electron chi connectivity index (χ0n) is 8.70. The molecule has 0 saturated carbocycles. The van der Waals surface area contributed by atoms with Crippen molar-refractivity contribution in [3.63, 3.8) is 0 Å². The maximum Gasteiger partial charge on any atom is 0.253 e. The molecule has 0 amide bonds. The second-order valence-corrected chi connectivity index (χ2v) is 3.85. The smallest absolute Gasteiger partial charge is 0.253 e. The molecule has 0 atom stereocenters. The first kappa shape index (κ1) is 10.6. The summed E-state index contributed by atoms with van der Waals surface area (Å²) < 4.78 is 0.309. The van der Waals surface area contributed by atoms with Gasteiger partial charge in [0.15, 0.2) is 4.77 Å². The van der Waals surface area contributed by atoms with Crippen LogP contribution in [0, 0.1) is 11.7 Å². The van der Waals surface area contributed by atoms with E-state index in [9.17, 15) is 4.79 Å². The minimum Gasteiger partial charge on any atom is -0.341 e. The highest BCUT2D eigenvalue weighted by atomic mass is 32.1.